The fraction of sp³-hybridized carbons (Fsp3) is 0.556. The molecular formula is C9H15N3OS3. The van der Waals surface area contributed by atoms with Crippen LogP contribution in [-0.2, 0) is 0 Å². The molecule has 16 heavy (non-hydrogen) atoms. The Morgan fingerprint density at radius 2 is 2.44 bits per heavy atom. The summed E-state index contributed by atoms with van der Waals surface area (Å²) in [5.41, 5.74) is 1.14. The van der Waals surface area contributed by atoms with Crippen LogP contribution >= 0.6 is 35.2 Å². The molecule has 4 nitrogen and oxygen atoms in total. The predicted molar refractivity (Wildman–Crippen MR) is 73.0 cm³/mol. The van der Waals surface area contributed by atoms with E-state index in [0.29, 0.717) is 5.25 Å². The first-order chi connectivity index (χ1) is 7.74. The van der Waals surface area contributed by atoms with Gasteiger partial charge >= 0.3 is 6.03 Å². The third-order valence-electron chi connectivity index (χ3n) is 1.82. The molecule has 1 heterocycles. The number of carbonyl (C=O) groups excluding carboxylic acids is 1. The normalized spacial score (nSPS) is 12.1. The van der Waals surface area contributed by atoms with Crippen molar-refractivity contribution in [2.45, 2.75) is 12.2 Å². The quantitative estimate of drug-likeness (QED) is 0.620. The third-order valence-corrected chi connectivity index (χ3v) is 4.57. The molecule has 0 saturated heterocycles. The molecule has 0 aromatic carbocycles. The summed E-state index contributed by atoms with van der Waals surface area (Å²) >= 11 is 4.75. The van der Waals surface area contributed by atoms with Gasteiger partial charge in [0.25, 0.3) is 0 Å². The van der Waals surface area contributed by atoms with Gasteiger partial charge in [0, 0.05) is 29.2 Å². The standard InChI is InChI=1S/C9H15N3OS3/c1-7(8-3-4-15-11-8)14-5-6-16-12-9(13)10-2/h3-4,7H,5-6H2,1-2H3,(H2,10,12,13). The van der Waals surface area contributed by atoms with E-state index in [-0.39, 0.29) is 6.03 Å². The molecule has 2 N–H and O–H groups in total. The Morgan fingerprint density at radius 1 is 1.62 bits per heavy atom. The summed E-state index contributed by atoms with van der Waals surface area (Å²) in [5.74, 6) is 1.89. The van der Waals surface area contributed by atoms with Crippen molar-refractivity contribution in [1.82, 2.24) is 14.4 Å². The van der Waals surface area contributed by atoms with Crippen LogP contribution in [0.4, 0.5) is 4.79 Å². The summed E-state index contributed by atoms with van der Waals surface area (Å²) in [7, 11) is 1.61. The van der Waals surface area contributed by atoms with E-state index in [1.807, 2.05) is 17.1 Å². The Labute approximate surface area is 108 Å². The fourth-order valence-electron chi connectivity index (χ4n) is 0.951. The molecule has 1 unspecified atom stereocenters. The number of aromatic nitrogens is 1. The van der Waals surface area contributed by atoms with Crippen LogP contribution in [0.15, 0.2) is 11.4 Å². The molecule has 0 spiro atoms. The van der Waals surface area contributed by atoms with Crippen molar-refractivity contribution in [3.63, 3.8) is 0 Å². The minimum Gasteiger partial charge on any atom is -0.341 e. The molecule has 0 bridgehead atoms. The van der Waals surface area contributed by atoms with E-state index in [0.717, 1.165) is 17.2 Å². The molecule has 0 saturated carbocycles. The molecule has 0 fully saturated rings. The van der Waals surface area contributed by atoms with E-state index in [4.69, 9.17) is 0 Å². The van der Waals surface area contributed by atoms with Crippen molar-refractivity contribution >= 4 is 41.3 Å². The smallest absolute Gasteiger partial charge is 0.324 e. The Hall–Kier alpha value is -0.400. The highest BCUT2D eigenvalue weighted by Crippen LogP contribution is 2.27. The molecule has 1 rings (SSSR count). The Bertz CT molecular complexity index is 305. The Balaban J connectivity index is 2.05. The van der Waals surface area contributed by atoms with E-state index in [9.17, 15) is 4.79 Å². The summed E-state index contributed by atoms with van der Waals surface area (Å²) in [4.78, 5) is 10.8. The molecule has 1 atom stereocenters. The average Bonchev–Trinajstić information content (AvgIpc) is 2.81. The van der Waals surface area contributed by atoms with Gasteiger partial charge in [-0.2, -0.15) is 16.1 Å². The topological polar surface area (TPSA) is 54.0 Å². The van der Waals surface area contributed by atoms with E-state index < -0.39 is 0 Å². The highest BCUT2D eigenvalue weighted by Gasteiger charge is 2.07. The summed E-state index contributed by atoms with van der Waals surface area (Å²) in [5, 5.41) is 4.92. The van der Waals surface area contributed by atoms with E-state index in [1.165, 1.54) is 23.5 Å². The van der Waals surface area contributed by atoms with Gasteiger partial charge in [-0.3, -0.25) is 4.72 Å². The van der Waals surface area contributed by atoms with Crippen LogP contribution in [0.3, 0.4) is 0 Å². The van der Waals surface area contributed by atoms with E-state index in [1.54, 1.807) is 7.05 Å². The number of amides is 2. The van der Waals surface area contributed by atoms with Gasteiger partial charge in [-0.1, -0.05) is 0 Å². The van der Waals surface area contributed by atoms with Crippen LogP contribution < -0.4 is 10.0 Å². The van der Waals surface area contributed by atoms with Crippen LogP contribution in [0.1, 0.15) is 17.9 Å². The SMILES string of the molecule is CNC(=O)NSCCSC(C)c1ccsn1. The minimum absolute atomic E-state index is 0.150. The maximum Gasteiger partial charge on any atom is 0.324 e. The maximum atomic E-state index is 10.8. The van der Waals surface area contributed by atoms with Gasteiger partial charge < -0.3 is 5.32 Å². The second-order valence-corrected chi connectivity index (χ2v) is 5.98. The Kier molecular flexibility index (Phi) is 6.67. The van der Waals surface area contributed by atoms with Gasteiger partial charge in [0.2, 0.25) is 0 Å². The number of hydrogen-bond acceptors (Lipinski definition) is 5. The second-order valence-electron chi connectivity index (χ2n) is 2.97. The monoisotopic (exact) mass is 277 g/mol. The zero-order chi connectivity index (χ0) is 11.8. The zero-order valence-corrected chi connectivity index (χ0v) is 11.7. The molecule has 0 aliphatic heterocycles. The van der Waals surface area contributed by atoms with Crippen molar-refractivity contribution in [3.05, 3.63) is 17.1 Å². The van der Waals surface area contributed by atoms with Gasteiger partial charge in [-0.15, -0.1) is 0 Å². The lowest BCUT2D eigenvalue weighted by molar-refractivity contribution is 0.248. The highest BCUT2D eigenvalue weighted by atomic mass is 32.2. The molecule has 90 valence electrons. The number of urea groups is 1. The van der Waals surface area contributed by atoms with Gasteiger partial charge in [0.1, 0.15) is 0 Å². The molecule has 0 radical (unpaired) electrons. The molecule has 1 aromatic heterocycles. The van der Waals surface area contributed by atoms with Crippen LogP contribution in [0.25, 0.3) is 0 Å². The summed E-state index contributed by atoms with van der Waals surface area (Å²) < 4.78 is 6.97. The number of nitrogens with zero attached hydrogens (tertiary/aromatic N) is 1. The highest BCUT2D eigenvalue weighted by molar-refractivity contribution is 8.02. The fourth-order valence-corrected chi connectivity index (χ4v) is 3.33. The predicted octanol–water partition coefficient (Wildman–Crippen LogP) is 2.51. The van der Waals surface area contributed by atoms with Crippen molar-refractivity contribution in [2.75, 3.05) is 18.6 Å². The lowest BCUT2D eigenvalue weighted by Crippen LogP contribution is -2.27. The van der Waals surface area contributed by atoms with Gasteiger partial charge in [0.15, 0.2) is 0 Å². The minimum atomic E-state index is -0.150. The molecule has 0 aliphatic carbocycles. The second kappa shape index (κ2) is 7.81. The van der Waals surface area contributed by atoms with Crippen molar-refractivity contribution in [2.24, 2.45) is 0 Å². The van der Waals surface area contributed by atoms with Crippen LogP contribution in [0.5, 0.6) is 0 Å². The first-order valence-corrected chi connectivity index (χ1v) is 7.72. The van der Waals surface area contributed by atoms with Gasteiger partial charge in [0.05, 0.1) is 5.69 Å². The average molecular weight is 277 g/mol. The van der Waals surface area contributed by atoms with Crippen LogP contribution in [-0.4, -0.2) is 29.0 Å². The molecule has 0 aliphatic rings. The number of hydrogen-bond donors (Lipinski definition) is 2. The summed E-state index contributed by atoms with van der Waals surface area (Å²) in [6, 6.07) is 1.90. The molecular weight excluding hydrogens is 262 g/mol. The number of rotatable bonds is 6. The number of nitrogens with one attached hydrogen (secondary N) is 2. The van der Waals surface area contributed by atoms with Crippen LogP contribution in [0.2, 0.25) is 0 Å². The van der Waals surface area contributed by atoms with Crippen molar-refractivity contribution in [3.8, 4) is 0 Å². The number of thioether (sulfide) groups is 1. The molecule has 1 aromatic rings. The molecule has 2 amide bonds. The largest absolute Gasteiger partial charge is 0.341 e. The zero-order valence-electron chi connectivity index (χ0n) is 9.23. The first-order valence-electron chi connectivity index (χ1n) is 4.85. The maximum absolute atomic E-state index is 10.8. The van der Waals surface area contributed by atoms with Crippen LogP contribution in [0, 0.1) is 0 Å². The van der Waals surface area contributed by atoms with Gasteiger partial charge in [-0.05, 0) is 36.5 Å². The summed E-state index contributed by atoms with van der Waals surface area (Å²) in [6.07, 6.45) is 0. The van der Waals surface area contributed by atoms with Crippen molar-refractivity contribution in [1.29, 1.82) is 0 Å². The van der Waals surface area contributed by atoms with E-state index in [2.05, 4.69) is 27.4 Å². The molecule has 7 heteroatoms. The van der Waals surface area contributed by atoms with Gasteiger partial charge in [-0.25, -0.2) is 4.79 Å². The lowest BCUT2D eigenvalue weighted by Gasteiger charge is -2.08. The first kappa shape index (κ1) is 13.7. The number of carbonyl (C=O) groups is 1. The summed E-state index contributed by atoms with van der Waals surface area (Å²) in [6.45, 7) is 2.15. The third kappa shape index (κ3) is 5.09. The lowest BCUT2D eigenvalue weighted by atomic mass is 10.3. The Morgan fingerprint density at radius 3 is 3.06 bits per heavy atom. The van der Waals surface area contributed by atoms with E-state index >= 15 is 0 Å². The van der Waals surface area contributed by atoms with Crippen molar-refractivity contribution < 1.29 is 4.79 Å².